The van der Waals surface area contributed by atoms with E-state index in [-0.39, 0.29) is 18.4 Å². The van der Waals surface area contributed by atoms with Gasteiger partial charge in [-0.05, 0) is 25.8 Å². The molecule has 0 aromatic carbocycles. The summed E-state index contributed by atoms with van der Waals surface area (Å²) in [4.78, 5) is 24.9. The standard InChI is InChI=1S/C11H20N4O2/c12-7(6-10(13)16)11(17)14-8-3-5-15-4-1-2-9(8)15/h7-9H,1-6,12H2,(H2,13,16)(H,14,17). The Morgan fingerprint density at radius 1 is 1.35 bits per heavy atom. The van der Waals surface area contributed by atoms with E-state index in [1.807, 2.05) is 0 Å². The van der Waals surface area contributed by atoms with Gasteiger partial charge in [0, 0.05) is 18.6 Å². The van der Waals surface area contributed by atoms with Crippen LogP contribution in [0.5, 0.6) is 0 Å². The third kappa shape index (κ3) is 2.76. The Bertz CT molecular complexity index is 321. The van der Waals surface area contributed by atoms with E-state index < -0.39 is 11.9 Å². The minimum absolute atomic E-state index is 0.0903. The molecule has 5 N–H and O–H groups in total. The lowest BCUT2D eigenvalue weighted by atomic mass is 10.1. The molecule has 0 spiro atoms. The maximum atomic E-state index is 11.8. The molecule has 3 unspecified atom stereocenters. The molecule has 2 aliphatic rings. The van der Waals surface area contributed by atoms with Crippen LogP contribution >= 0.6 is 0 Å². The molecule has 2 aliphatic heterocycles. The first-order chi connectivity index (χ1) is 8.08. The third-order valence-electron chi connectivity index (χ3n) is 3.69. The highest BCUT2D eigenvalue weighted by atomic mass is 16.2. The molecule has 0 aromatic rings. The van der Waals surface area contributed by atoms with Crippen molar-refractivity contribution < 1.29 is 9.59 Å². The zero-order valence-corrected chi connectivity index (χ0v) is 9.89. The van der Waals surface area contributed by atoms with Crippen molar-refractivity contribution in [3.63, 3.8) is 0 Å². The zero-order valence-electron chi connectivity index (χ0n) is 9.89. The minimum atomic E-state index is -0.817. The van der Waals surface area contributed by atoms with Crippen LogP contribution in [0.15, 0.2) is 0 Å². The quantitative estimate of drug-likeness (QED) is 0.559. The molecular weight excluding hydrogens is 220 g/mol. The van der Waals surface area contributed by atoms with Gasteiger partial charge in [0.15, 0.2) is 0 Å². The van der Waals surface area contributed by atoms with Crippen LogP contribution < -0.4 is 16.8 Å². The predicted molar refractivity (Wildman–Crippen MR) is 62.9 cm³/mol. The van der Waals surface area contributed by atoms with E-state index in [1.165, 1.54) is 6.42 Å². The summed E-state index contributed by atoms with van der Waals surface area (Å²) in [5, 5.41) is 2.94. The van der Waals surface area contributed by atoms with Crippen LogP contribution in [0.3, 0.4) is 0 Å². The molecule has 0 saturated carbocycles. The number of hydrogen-bond acceptors (Lipinski definition) is 4. The highest BCUT2D eigenvalue weighted by Gasteiger charge is 2.38. The average Bonchev–Trinajstić information content (AvgIpc) is 2.81. The summed E-state index contributed by atoms with van der Waals surface area (Å²) >= 11 is 0. The monoisotopic (exact) mass is 240 g/mol. The van der Waals surface area contributed by atoms with Crippen LogP contribution in [-0.4, -0.2) is 47.9 Å². The Kier molecular flexibility index (Phi) is 3.63. The molecule has 0 bridgehead atoms. The molecule has 2 rings (SSSR count). The van der Waals surface area contributed by atoms with Gasteiger partial charge < -0.3 is 16.8 Å². The number of carbonyl (C=O) groups is 2. The number of carbonyl (C=O) groups excluding carboxylic acids is 2. The Labute approximate surface area is 101 Å². The molecule has 0 radical (unpaired) electrons. The summed E-state index contributed by atoms with van der Waals surface area (Å²) in [5.41, 5.74) is 10.6. The summed E-state index contributed by atoms with van der Waals surface area (Å²) in [6.45, 7) is 2.17. The van der Waals surface area contributed by atoms with Crippen LogP contribution in [0.1, 0.15) is 25.7 Å². The Morgan fingerprint density at radius 3 is 2.82 bits per heavy atom. The summed E-state index contributed by atoms with van der Waals surface area (Å²) in [7, 11) is 0. The molecule has 0 aromatic heterocycles. The predicted octanol–water partition coefficient (Wildman–Crippen LogP) is -1.46. The smallest absolute Gasteiger partial charge is 0.237 e. The van der Waals surface area contributed by atoms with Gasteiger partial charge in [-0.25, -0.2) is 0 Å². The van der Waals surface area contributed by atoms with Crippen molar-refractivity contribution >= 4 is 11.8 Å². The first-order valence-electron chi connectivity index (χ1n) is 6.16. The molecule has 6 nitrogen and oxygen atoms in total. The van der Waals surface area contributed by atoms with E-state index in [1.54, 1.807) is 0 Å². The van der Waals surface area contributed by atoms with Crippen molar-refractivity contribution in [2.24, 2.45) is 11.5 Å². The fraction of sp³-hybridized carbons (Fsp3) is 0.818. The molecule has 96 valence electrons. The van der Waals surface area contributed by atoms with Crippen molar-refractivity contribution in [2.45, 2.75) is 43.8 Å². The van der Waals surface area contributed by atoms with E-state index in [2.05, 4.69) is 10.2 Å². The highest BCUT2D eigenvalue weighted by Crippen LogP contribution is 2.27. The van der Waals surface area contributed by atoms with Crippen molar-refractivity contribution in [2.75, 3.05) is 13.1 Å². The first kappa shape index (κ1) is 12.3. The molecule has 3 atom stereocenters. The normalized spacial score (nSPS) is 29.9. The molecule has 17 heavy (non-hydrogen) atoms. The van der Waals surface area contributed by atoms with Crippen molar-refractivity contribution in [1.29, 1.82) is 0 Å². The highest BCUT2D eigenvalue weighted by molar-refractivity contribution is 5.87. The summed E-state index contributed by atoms with van der Waals surface area (Å²) in [6, 6.07) is -0.174. The molecule has 2 fully saturated rings. The Hall–Kier alpha value is -1.14. The number of nitrogens with two attached hydrogens (primary N) is 2. The first-order valence-corrected chi connectivity index (χ1v) is 6.16. The van der Waals surface area contributed by atoms with E-state index in [0.717, 1.165) is 25.9 Å². The van der Waals surface area contributed by atoms with Gasteiger partial charge in [0.25, 0.3) is 0 Å². The van der Waals surface area contributed by atoms with Crippen molar-refractivity contribution in [3.8, 4) is 0 Å². The fourth-order valence-electron chi connectivity index (χ4n) is 2.85. The number of rotatable bonds is 4. The summed E-state index contributed by atoms with van der Waals surface area (Å²) in [6.07, 6.45) is 3.22. The number of nitrogens with one attached hydrogen (secondary N) is 1. The lowest BCUT2D eigenvalue weighted by Gasteiger charge is -2.22. The molecule has 0 aliphatic carbocycles. The Morgan fingerprint density at radius 2 is 2.12 bits per heavy atom. The van der Waals surface area contributed by atoms with Crippen LogP contribution in [0.4, 0.5) is 0 Å². The largest absolute Gasteiger partial charge is 0.370 e. The molecule has 6 heteroatoms. The second-order valence-electron chi connectivity index (χ2n) is 4.93. The van der Waals surface area contributed by atoms with Gasteiger partial charge in [0.2, 0.25) is 11.8 Å². The van der Waals surface area contributed by atoms with Gasteiger partial charge in [-0.15, -0.1) is 0 Å². The van der Waals surface area contributed by atoms with Gasteiger partial charge in [-0.3, -0.25) is 14.5 Å². The molecule has 2 saturated heterocycles. The number of nitrogens with zero attached hydrogens (tertiary/aromatic N) is 1. The van der Waals surface area contributed by atoms with Crippen LogP contribution in [0, 0.1) is 0 Å². The van der Waals surface area contributed by atoms with Crippen LogP contribution in [0.25, 0.3) is 0 Å². The third-order valence-corrected chi connectivity index (χ3v) is 3.69. The zero-order chi connectivity index (χ0) is 12.4. The molecule has 2 amide bonds. The number of primary amides is 1. The second-order valence-corrected chi connectivity index (χ2v) is 4.93. The lowest BCUT2D eigenvalue weighted by molar-refractivity contribution is -0.126. The number of fused-ring (bicyclic) bond motifs is 1. The van der Waals surface area contributed by atoms with Gasteiger partial charge in [-0.2, -0.15) is 0 Å². The second kappa shape index (κ2) is 5.01. The topological polar surface area (TPSA) is 101 Å². The van der Waals surface area contributed by atoms with Crippen molar-refractivity contribution in [1.82, 2.24) is 10.2 Å². The summed E-state index contributed by atoms with van der Waals surface area (Å²) < 4.78 is 0. The minimum Gasteiger partial charge on any atom is -0.370 e. The van der Waals surface area contributed by atoms with Gasteiger partial charge in [0.05, 0.1) is 12.5 Å². The fourth-order valence-corrected chi connectivity index (χ4v) is 2.85. The molecule has 2 heterocycles. The molecular formula is C11H20N4O2. The van der Waals surface area contributed by atoms with Crippen LogP contribution in [0.2, 0.25) is 0 Å². The SMILES string of the molecule is NC(=O)CC(N)C(=O)NC1CCN2CCCC12. The van der Waals surface area contributed by atoms with Crippen molar-refractivity contribution in [3.05, 3.63) is 0 Å². The van der Waals surface area contributed by atoms with E-state index in [0.29, 0.717) is 6.04 Å². The number of amides is 2. The van der Waals surface area contributed by atoms with Gasteiger partial charge in [0.1, 0.15) is 0 Å². The summed E-state index contributed by atoms with van der Waals surface area (Å²) in [5.74, 6) is -0.802. The van der Waals surface area contributed by atoms with Gasteiger partial charge in [-0.1, -0.05) is 0 Å². The van der Waals surface area contributed by atoms with E-state index in [9.17, 15) is 9.59 Å². The van der Waals surface area contributed by atoms with Crippen LogP contribution in [-0.2, 0) is 9.59 Å². The Balaban J connectivity index is 1.84. The maximum Gasteiger partial charge on any atom is 0.237 e. The maximum absolute atomic E-state index is 11.8. The average molecular weight is 240 g/mol. The van der Waals surface area contributed by atoms with E-state index >= 15 is 0 Å². The van der Waals surface area contributed by atoms with Gasteiger partial charge >= 0.3 is 0 Å². The lowest BCUT2D eigenvalue weighted by Crippen LogP contribution is -2.50. The van der Waals surface area contributed by atoms with E-state index in [4.69, 9.17) is 11.5 Å². The number of hydrogen-bond donors (Lipinski definition) is 3.